The van der Waals surface area contributed by atoms with Crippen LogP contribution in [0.4, 0.5) is 0 Å². The molecule has 1 aromatic rings. The Kier molecular flexibility index (Phi) is 5.08. The fraction of sp³-hybridized carbons (Fsp3) is 0.600. The Morgan fingerprint density at radius 2 is 1.70 bits per heavy atom. The number of hydrogen-bond acceptors (Lipinski definition) is 5. The molecule has 2 aliphatic heterocycles. The van der Waals surface area contributed by atoms with Crippen molar-refractivity contribution in [1.29, 1.82) is 0 Å². The summed E-state index contributed by atoms with van der Waals surface area (Å²) in [5.41, 5.74) is 2.52. The quantitative estimate of drug-likeness (QED) is 0.833. The van der Waals surface area contributed by atoms with E-state index in [1.54, 1.807) is 4.90 Å². The molecule has 27 heavy (non-hydrogen) atoms. The number of piperazine rings is 1. The van der Waals surface area contributed by atoms with E-state index in [2.05, 4.69) is 0 Å². The van der Waals surface area contributed by atoms with E-state index < -0.39 is 11.6 Å². The van der Waals surface area contributed by atoms with Gasteiger partial charge in [-0.15, -0.1) is 0 Å². The van der Waals surface area contributed by atoms with Crippen molar-refractivity contribution in [3.63, 3.8) is 0 Å². The number of benzene rings is 1. The summed E-state index contributed by atoms with van der Waals surface area (Å²) in [7, 11) is 0. The number of hydrogen-bond donors (Lipinski definition) is 2. The highest BCUT2D eigenvalue weighted by Crippen LogP contribution is 2.43. The van der Waals surface area contributed by atoms with Gasteiger partial charge in [-0.05, 0) is 50.8 Å². The van der Waals surface area contributed by atoms with Crippen LogP contribution in [0.2, 0.25) is 0 Å². The van der Waals surface area contributed by atoms with Crippen LogP contribution < -0.4 is 4.74 Å². The van der Waals surface area contributed by atoms with Crippen LogP contribution in [0.1, 0.15) is 35.6 Å². The molecule has 148 valence electrons. The number of fused-ring (bicyclic) bond motifs is 1. The molecule has 1 aromatic carbocycles. The first-order chi connectivity index (χ1) is 12.6. The van der Waals surface area contributed by atoms with E-state index >= 15 is 0 Å². The lowest BCUT2D eigenvalue weighted by Gasteiger charge is -2.42. The molecule has 0 saturated carbocycles. The predicted molar refractivity (Wildman–Crippen MR) is 100 cm³/mol. The van der Waals surface area contributed by atoms with Crippen molar-refractivity contribution >= 4 is 11.9 Å². The van der Waals surface area contributed by atoms with Crippen LogP contribution in [0.15, 0.2) is 0 Å². The number of carbonyl (C=O) groups is 2. The highest BCUT2D eigenvalue weighted by molar-refractivity contribution is 5.86. The van der Waals surface area contributed by atoms with Gasteiger partial charge in [0.05, 0.1) is 6.54 Å². The smallest absolute Gasteiger partial charge is 0.317 e. The molecular formula is C20H28N2O5. The van der Waals surface area contributed by atoms with Gasteiger partial charge in [0.2, 0.25) is 0 Å². The van der Waals surface area contributed by atoms with Crippen molar-refractivity contribution in [2.24, 2.45) is 0 Å². The molecule has 1 atom stereocenters. The second-order valence-electron chi connectivity index (χ2n) is 7.83. The van der Waals surface area contributed by atoms with Crippen LogP contribution in [-0.2, 0) is 16.0 Å². The van der Waals surface area contributed by atoms with E-state index in [1.807, 2.05) is 32.6 Å². The van der Waals surface area contributed by atoms with Crippen molar-refractivity contribution < 1.29 is 24.5 Å². The third-order valence-electron chi connectivity index (χ3n) is 5.99. The minimum atomic E-state index is -0.942. The van der Waals surface area contributed by atoms with Crippen LogP contribution >= 0.6 is 0 Å². The van der Waals surface area contributed by atoms with Crippen LogP contribution in [0.3, 0.4) is 0 Å². The number of carboxylic acids is 1. The summed E-state index contributed by atoms with van der Waals surface area (Å²) in [6.45, 7) is 9.60. The van der Waals surface area contributed by atoms with Crippen LogP contribution in [0, 0.1) is 20.8 Å². The number of carbonyl (C=O) groups excluding carboxylic acids is 1. The fourth-order valence-electron chi connectivity index (χ4n) is 4.03. The predicted octanol–water partition coefficient (Wildman–Crippen LogP) is 1.63. The van der Waals surface area contributed by atoms with E-state index in [9.17, 15) is 14.7 Å². The zero-order valence-electron chi connectivity index (χ0n) is 16.5. The van der Waals surface area contributed by atoms with E-state index in [1.165, 1.54) is 0 Å². The SMILES string of the molecule is Cc1c(C)c2c(c(C)c1O)CCC(C)(C(=O)N1CCN(CC(=O)O)CC1)O2. The molecule has 1 unspecified atom stereocenters. The maximum atomic E-state index is 13.2. The van der Waals surface area contributed by atoms with Gasteiger partial charge in [-0.1, -0.05) is 0 Å². The first kappa shape index (κ1) is 19.5. The summed E-state index contributed by atoms with van der Waals surface area (Å²) in [4.78, 5) is 27.6. The Bertz CT molecular complexity index is 783. The molecule has 0 aliphatic carbocycles. The molecule has 2 heterocycles. The van der Waals surface area contributed by atoms with Crippen LogP contribution in [0.25, 0.3) is 0 Å². The number of phenols is 1. The van der Waals surface area contributed by atoms with Gasteiger partial charge in [0, 0.05) is 38.2 Å². The minimum absolute atomic E-state index is 0.00438. The lowest BCUT2D eigenvalue weighted by Crippen LogP contribution is -2.58. The zero-order valence-corrected chi connectivity index (χ0v) is 16.5. The standard InChI is InChI=1S/C20H28N2O5/c1-12-13(2)18-15(14(3)17(12)25)5-6-20(4,27-18)19(26)22-9-7-21(8-10-22)11-16(23)24/h25H,5-11H2,1-4H3,(H,23,24). The highest BCUT2D eigenvalue weighted by atomic mass is 16.5. The number of phenolic OH excluding ortho intramolecular Hbond substituents is 1. The second kappa shape index (κ2) is 7.03. The second-order valence-corrected chi connectivity index (χ2v) is 7.83. The number of aromatic hydroxyl groups is 1. The van der Waals surface area contributed by atoms with E-state index in [0.717, 1.165) is 28.0 Å². The lowest BCUT2D eigenvalue weighted by molar-refractivity contribution is -0.150. The first-order valence-corrected chi connectivity index (χ1v) is 9.38. The molecule has 0 bridgehead atoms. The van der Waals surface area contributed by atoms with E-state index in [-0.39, 0.29) is 12.5 Å². The Labute approximate surface area is 159 Å². The van der Waals surface area contributed by atoms with E-state index in [4.69, 9.17) is 9.84 Å². The summed E-state index contributed by atoms with van der Waals surface area (Å²) in [6, 6.07) is 0. The third kappa shape index (κ3) is 3.48. The summed E-state index contributed by atoms with van der Waals surface area (Å²) in [5, 5.41) is 19.2. The van der Waals surface area contributed by atoms with E-state index in [0.29, 0.717) is 44.8 Å². The van der Waals surface area contributed by atoms with Gasteiger partial charge in [-0.25, -0.2) is 0 Å². The Balaban J connectivity index is 1.77. The molecular weight excluding hydrogens is 348 g/mol. The topological polar surface area (TPSA) is 90.3 Å². The monoisotopic (exact) mass is 376 g/mol. The van der Waals surface area contributed by atoms with Gasteiger partial charge in [0.15, 0.2) is 5.60 Å². The number of rotatable bonds is 3. The molecule has 0 radical (unpaired) electrons. The summed E-state index contributed by atoms with van der Waals surface area (Å²) >= 11 is 0. The summed E-state index contributed by atoms with van der Waals surface area (Å²) < 4.78 is 6.26. The number of ether oxygens (including phenoxy) is 1. The summed E-state index contributed by atoms with van der Waals surface area (Å²) in [6.07, 6.45) is 1.23. The fourth-order valence-corrected chi connectivity index (χ4v) is 4.03. The van der Waals surface area contributed by atoms with Gasteiger partial charge >= 0.3 is 5.97 Å². The highest BCUT2D eigenvalue weighted by Gasteiger charge is 2.43. The van der Waals surface area contributed by atoms with Crippen molar-refractivity contribution in [2.75, 3.05) is 32.7 Å². The van der Waals surface area contributed by atoms with Crippen molar-refractivity contribution in [1.82, 2.24) is 9.80 Å². The van der Waals surface area contributed by atoms with Gasteiger partial charge in [-0.3, -0.25) is 14.5 Å². The van der Waals surface area contributed by atoms with Gasteiger partial charge in [0.25, 0.3) is 5.91 Å². The van der Waals surface area contributed by atoms with Crippen molar-refractivity contribution in [2.45, 2.75) is 46.1 Å². The molecule has 7 heteroatoms. The third-order valence-corrected chi connectivity index (χ3v) is 5.99. The molecule has 0 spiro atoms. The van der Waals surface area contributed by atoms with Gasteiger partial charge in [-0.2, -0.15) is 0 Å². The normalized spacial score (nSPS) is 22.9. The molecule has 2 N–H and O–H groups in total. The zero-order chi connectivity index (χ0) is 19.9. The number of aliphatic carboxylic acids is 1. The average molecular weight is 376 g/mol. The van der Waals surface area contributed by atoms with Crippen LogP contribution in [0.5, 0.6) is 11.5 Å². The molecule has 3 rings (SSSR count). The molecule has 0 aromatic heterocycles. The lowest BCUT2D eigenvalue weighted by atomic mass is 9.86. The Hall–Kier alpha value is -2.28. The average Bonchev–Trinajstić information content (AvgIpc) is 2.64. The van der Waals surface area contributed by atoms with Gasteiger partial charge < -0.3 is 19.8 Å². The minimum Gasteiger partial charge on any atom is -0.507 e. The Morgan fingerprint density at radius 3 is 2.30 bits per heavy atom. The van der Waals surface area contributed by atoms with Crippen molar-refractivity contribution in [3.8, 4) is 11.5 Å². The molecule has 1 amide bonds. The molecule has 7 nitrogen and oxygen atoms in total. The largest absolute Gasteiger partial charge is 0.507 e. The maximum absolute atomic E-state index is 13.2. The van der Waals surface area contributed by atoms with Crippen LogP contribution in [-0.4, -0.2) is 70.2 Å². The van der Waals surface area contributed by atoms with Gasteiger partial charge in [0.1, 0.15) is 11.5 Å². The molecule has 1 fully saturated rings. The van der Waals surface area contributed by atoms with Crippen molar-refractivity contribution in [3.05, 3.63) is 22.3 Å². The summed E-state index contributed by atoms with van der Waals surface area (Å²) in [5.74, 6) is 0.123. The molecule has 1 saturated heterocycles. The Morgan fingerprint density at radius 1 is 1.07 bits per heavy atom. The number of nitrogens with zero attached hydrogens (tertiary/aromatic N) is 2. The molecule has 2 aliphatic rings. The first-order valence-electron chi connectivity index (χ1n) is 9.38. The number of amides is 1. The maximum Gasteiger partial charge on any atom is 0.317 e. The number of carboxylic acid groups (broad SMARTS) is 1.